The third-order valence-corrected chi connectivity index (χ3v) is 6.35. The number of nitrogens with one attached hydrogen (secondary N) is 1. The molecule has 5 rings (SSSR count). The first-order chi connectivity index (χ1) is 14.1. The van der Waals surface area contributed by atoms with Crippen LogP contribution in [0.1, 0.15) is 12.8 Å². The molecular weight excluding hydrogens is 387 g/mol. The van der Waals surface area contributed by atoms with Crippen molar-refractivity contribution in [1.82, 2.24) is 9.55 Å². The molecule has 0 unspecified atom stereocenters. The van der Waals surface area contributed by atoms with E-state index in [4.69, 9.17) is 4.74 Å². The van der Waals surface area contributed by atoms with Gasteiger partial charge in [-0.25, -0.2) is 4.39 Å². The summed E-state index contributed by atoms with van der Waals surface area (Å²) in [5.74, 6) is 0.310. The van der Waals surface area contributed by atoms with Crippen molar-refractivity contribution >= 4 is 22.7 Å². The predicted octanol–water partition coefficient (Wildman–Crippen LogP) is 5.72. The molecule has 0 radical (unpaired) electrons. The van der Waals surface area contributed by atoms with E-state index in [1.54, 1.807) is 36.0 Å². The summed E-state index contributed by atoms with van der Waals surface area (Å²) < 4.78 is 21.8. The van der Waals surface area contributed by atoms with Crippen molar-refractivity contribution in [3.63, 3.8) is 0 Å². The van der Waals surface area contributed by atoms with E-state index in [0.717, 1.165) is 21.4 Å². The molecule has 1 aliphatic carbocycles. The summed E-state index contributed by atoms with van der Waals surface area (Å²) in [7, 11) is 1.73. The molecule has 1 N–H and O–H groups in total. The van der Waals surface area contributed by atoms with Crippen LogP contribution in [0, 0.1) is 5.82 Å². The SMILES string of the molecule is Cn1cc(-c2cc(SC3CC3)ccc2Oc2ccccc2F)c2cc[nH]c2c1=O. The molecule has 4 nitrogen and oxygen atoms in total. The van der Waals surface area contributed by atoms with Crippen molar-refractivity contribution in [3.05, 3.63) is 77.1 Å². The smallest absolute Gasteiger partial charge is 0.274 e. The minimum atomic E-state index is -0.415. The second-order valence-corrected chi connectivity index (χ2v) is 8.61. The van der Waals surface area contributed by atoms with Crippen LogP contribution >= 0.6 is 11.8 Å². The first-order valence-corrected chi connectivity index (χ1v) is 10.4. The number of thioether (sulfide) groups is 1. The van der Waals surface area contributed by atoms with Gasteiger partial charge in [0.05, 0.1) is 0 Å². The molecule has 6 heteroatoms. The third kappa shape index (κ3) is 3.44. The third-order valence-electron chi connectivity index (χ3n) is 5.02. The maximum Gasteiger partial charge on any atom is 0.274 e. The van der Waals surface area contributed by atoms with Crippen molar-refractivity contribution in [3.8, 4) is 22.6 Å². The normalized spacial score (nSPS) is 13.7. The van der Waals surface area contributed by atoms with Crippen LogP contribution in [0.2, 0.25) is 0 Å². The number of H-pyrrole nitrogens is 1. The lowest BCUT2D eigenvalue weighted by Crippen LogP contribution is -2.16. The molecule has 4 aromatic rings. The molecule has 0 bridgehead atoms. The highest BCUT2D eigenvalue weighted by Gasteiger charge is 2.23. The summed E-state index contributed by atoms with van der Waals surface area (Å²) >= 11 is 1.85. The Bertz CT molecular complexity index is 1270. The number of pyridine rings is 1. The van der Waals surface area contributed by atoms with Gasteiger partial charge in [0.25, 0.3) is 5.56 Å². The molecule has 29 heavy (non-hydrogen) atoms. The molecule has 2 aromatic carbocycles. The Balaban J connectivity index is 1.69. The summed E-state index contributed by atoms with van der Waals surface area (Å²) in [4.78, 5) is 16.6. The predicted molar refractivity (Wildman–Crippen MR) is 114 cm³/mol. The van der Waals surface area contributed by atoms with Crippen LogP contribution in [0.4, 0.5) is 4.39 Å². The van der Waals surface area contributed by atoms with Gasteiger partial charge in [0.2, 0.25) is 0 Å². The van der Waals surface area contributed by atoms with Crippen LogP contribution in [0.3, 0.4) is 0 Å². The minimum absolute atomic E-state index is 0.0890. The van der Waals surface area contributed by atoms with Gasteiger partial charge in [-0.15, -0.1) is 11.8 Å². The van der Waals surface area contributed by atoms with Gasteiger partial charge in [-0.2, -0.15) is 0 Å². The van der Waals surface area contributed by atoms with Gasteiger partial charge in [-0.1, -0.05) is 12.1 Å². The Morgan fingerprint density at radius 3 is 2.72 bits per heavy atom. The van der Waals surface area contributed by atoms with Crippen molar-refractivity contribution in [2.45, 2.75) is 23.0 Å². The van der Waals surface area contributed by atoms with E-state index in [0.29, 0.717) is 16.5 Å². The molecule has 2 heterocycles. The maximum atomic E-state index is 14.2. The van der Waals surface area contributed by atoms with Crippen molar-refractivity contribution < 1.29 is 9.13 Å². The number of benzene rings is 2. The van der Waals surface area contributed by atoms with Crippen LogP contribution in [0.25, 0.3) is 22.0 Å². The monoisotopic (exact) mass is 406 g/mol. The first-order valence-electron chi connectivity index (χ1n) is 9.50. The quantitative estimate of drug-likeness (QED) is 0.461. The largest absolute Gasteiger partial charge is 0.454 e. The Hall–Kier alpha value is -2.99. The fraction of sp³-hybridized carbons (Fsp3) is 0.174. The van der Waals surface area contributed by atoms with E-state index in [-0.39, 0.29) is 11.3 Å². The molecule has 146 valence electrons. The number of halogens is 1. The molecule has 0 spiro atoms. The number of ether oxygens (including phenoxy) is 1. The number of hydrogen-bond acceptors (Lipinski definition) is 3. The lowest BCUT2D eigenvalue weighted by Gasteiger charge is -2.15. The second-order valence-electron chi connectivity index (χ2n) is 7.23. The highest BCUT2D eigenvalue weighted by atomic mass is 32.2. The molecule has 0 aliphatic heterocycles. The van der Waals surface area contributed by atoms with Gasteiger partial charge >= 0.3 is 0 Å². The molecule has 2 aromatic heterocycles. The van der Waals surface area contributed by atoms with E-state index in [1.807, 2.05) is 36.2 Å². The number of aryl methyl sites for hydroxylation is 1. The van der Waals surface area contributed by atoms with Crippen molar-refractivity contribution in [2.24, 2.45) is 7.05 Å². The highest BCUT2D eigenvalue weighted by Crippen LogP contribution is 2.43. The van der Waals surface area contributed by atoms with Crippen LogP contribution < -0.4 is 10.3 Å². The zero-order valence-corrected chi connectivity index (χ0v) is 16.6. The lowest BCUT2D eigenvalue weighted by molar-refractivity contribution is 0.443. The molecule has 1 saturated carbocycles. The fourth-order valence-corrected chi connectivity index (χ4v) is 4.48. The van der Waals surface area contributed by atoms with Gasteiger partial charge < -0.3 is 14.3 Å². The summed E-state index contributed by atoms with van der Waals surface area (Å²) in [5, 5.41) is 1.48. The van der Waals surface area contributed by atoms with Gasteiger partial charge in [-0.3, -0.25) is 4.79 Å². The topological polar surface area (TPSA) is 47.0 Å². The Kier molecular flexibility index (Phi) is 4.43. The number of aromatic amines is 1. The molecule has 1 fully saturated rings. The average molecular weight is 406 g/mol. The summed E-state index contributed by atoms with van der Waals surface area (Å²) in [6, 6.07) is 14.2. The number of rotatable bonds is 5. The lowest BCUT2D eigenvalue weighted by atomic mass is 10.0. The summed E-state index contributed by atoms with van der Waals surface area (Å²) in [6.45, 7) is 0. The number of para-hydroxylation sites is 1. The van der Waals surface area contributed by atoms with Gasteiger partial charge in [0.15, 0.2) is 11.6 Å². The van der Waals surface area contributed by atoms with E-state index in [2.05, 4.69) is 11.1 Å². The second kappa shape index (κ2) is 7.12. The van der Waals surface area contributed by atoms with E-state index >= 15 is 0 Å². The zero-order valence-electron chi connectivity index (χ0n) is 15.8. The number of hydrogen-bond donors (Lipinski definition) is 1. The molecule has 0 saturated heterocycles. The van der Waals surface area contributed by atoms with E-state index in [1.165, 1.54) is 18.9 Å². The minimum Gasteiger partial charge on any atom is -0.454 e. The van der Waals surface area contributed by atoms with Crippen LogP contribution in [0.15, 0.2) is 70.6 Å². The van der Waals surface area contributed by atoms with Crippen molar-refractivity contribution in [1.29, 1.82) is 0 Å². The van der Waals surface area contributed by atoms with Gasteiger partial charge in [-0.05, 0) is 49.2 Å². The summed E-state index contributed by atoms with van der Waals surface area (Å²) in [5.41, 5.74) is 2.16. The van der Waals surface area contributed by atoms with Crippen LogP contribution in [-0.4, -0.2) is 14.8 Å². The van der Waals surface area contributed by atoms with E-state index in [9.17, 15) is 9.18 Å². The average Bonchev–Trinajstić information content (AvgIpc) is 3.39. The van der Waals surface area contributed by atoms with E-state index < -0.39 is 5.82 Å². The standard InChI is InChI=1S/C23H19FN2O2S/c1-26-13-18(16-10-11-25-22(16)23(26)27)17-12-15(29-14-6-7-14)8-9-20(17)28-21-5-3-2-4-19(21)24/h2-5,8-14,25H,6-7H2,1H3. The number of fused-ring (bicyclic) bond motifs is 1. The Morgan fingerprint density at radius 1 is 1.10 bits per heavy atom. The Labute approximate surface area is 171 Å². The van der Waals surface area contributed by atoms with Gasteiger partial charge in [0, 0.05) is 46.1 Å². The fourth-order valence-electron chi connectivity index (χ4n) is 3.39. The van der Waals surface area contributed by atoms with Crippen molar-refractivity contribution in [2.75, 3.05) is 0 Å². The molecule has 1 aliphatic rings. The van der Waals surface area contributed by atoms with Gasteiger partial charge in [0.1, 0.15) is 11.3 Å². The number of nitrogens with zero attached hydrogens (tertiary/aromatic N) is 1. The number of aromatic nitrogens is 2. The first kappa shape index (κ1) is 18.1. The molecule has 0 atom stereocenters. The zero-order chi connectivity index (χ0) is 20.0. The van der Waals surface area contributed by atoms with Crippen LogP contribution in [0.5, 0.6) is 11.5 Å². The Morgan fingerprint density at radius 2 is 1.93 bits per heavy atom. The summed E-state index contributed by atoms with van der Waals surface area (Å²) in [6.07, 6.45) is 6.04. The van der Waals surface area contributed by atoms with Crippen LogP contribution in [-0.2, 0) is 7.05 Å². The molecular formula is C23H19FN2O2S. The maximum absolute atomic E-state index is 14.2. The molecule has 0 amide bonds. The highest BCUT2D eigenvalue weighted by molar-refractivity contribution is 8.00.